The van der Waals surface area contributed by atoms with Crippen LogP contribution in [0, 0.1) is 6.92 Å². The quantitative estimate of drug-likeness (QED) is 0.790. The zero-order valence-electron chi connectivity index (χ0n) is 18.0. The first-order valence-electron chi connectivity index (χ1n) is 10.5. The summed E-state index contributed by atoms with van der Waals surface area (Å²) in [6, 6.07) is 14.2. The number of rotatable bonds is 3. The van der Waals surface area contributed by atoms with E-state index in [1.54, 1.807) is 7.11 Å². The molecule has 7 nitrogen and oxygen atoms in total. The average Bonchev–Trinajstić information content (AvgIpc) is 3.21. The van der Waals surface area contributed by atoms with Crippen LogP contribution in [-0.2, 0) is 10.0 Å². The second-order valence-corrected chi connectivity index (χ2v) is 10.5. The van der Waals surface area contributed by atoms with Crippen molar-refractivity contribution in [2.24, 2.45) is 0 Å². The van der Waals surface area contributed by atoms with Crippen molar-refractivity contribution in [3.63, 3.8) is 0 Å². The first kappa shape index (κ1) is 20.4. The van der Waals surface area contributed by atoms with Gasteiger partial charge in [-0.2, -0.15) is 5.01 Å². The van der Waals surface area contributed by atoms with Gasteiger partial charge in [0.05, 0.1) is 25.1 Å². The Morgan fingerprint density at radius 2 is 1.94 bits per heavy atom. The minimum atomic E-state index is -3.22. The Bertz CT molecular complexity index is 1150. The van der Waals surface area contributed by atoms with Crippen LogP contribution in [-0.4, -0.2) is 49.9 Å². The van der Waals surface area contributed by atoms with Crippen LogP contribution >= 0.6 is 0 Å². The Kier molecular flexibility index (Phi) is 4.76. The number of nitrogens with zero attached hydrogens (tertiary/aromatic N) is 2. The molecule has 1 saturated heterocycles. The minimum absolute atomic E-state index is 0.00497. The highest BCUT2D eigenvalue weighted by Crippen LogP contribution is 2.49. The van der Waals surface area contributed by atoms with Gasteiger partial charge in [0.2, 0.25) is 10.0 Å². The van der Waals surface area contributed by atoms with Gasteiger partial charge in [0.15, 0.2) is 5.72 Å². The third-order valence-electron chi connectivity index (χ3n) is 6.42. The molecule has 31 heavy (non-hydrogen) atoms. The molecule has 0 aromatic heterocycles. The summed E-state index contributed by atoms with van der Waals surface area (Å²) >= 11 is 0. The normalized spacial score (nSPS) is 22.8. The van der Waals surface area contributed by atoms with Crippen molar-refractivity contribution < 1.29 is 17.9 Å². The molecule has 2 aromatic carbocycles. The van der Waals surface area contributed by atoms with E-state index in [1.165, 1.54) is 16.1 Å². The second-order valence-electron chi connectivity index (χ2n) is 8.49. The smallest absolute Gasteiger partial charge is 0.211 e. The van der Waals surface area contributed by atoms with E-state index in [9.17, 15) is 8.42 Å². The fourth-order valence-corrected chi connectivity index (χ4v) is 5.61. The third kappa shape index (κ3) is 3.48. The molecule has 1 fully saturated rings. The van der Waals surface area contributed by atoms with Gasteiger partial charge in [0, 0.05) is 37.1 Å². The molecule has 1 N–H and O–H groups in total. The lowest BCUT2D eigenvalue weighted by atomic mass is 9.93. The highest BCUT2D eigenvalue weighted by atomic mass is 32.2. The number of sulfonamides is 1. The molecule has 0 bridgehead atoms. The Labute approximate surface area is 183 Å². The van der Waals surface area contributed by atoms with Gasteiger partial charge >= 0.3 is 0 Å². The van der Waals surface area contributed by atoms with Crippen LogP contribution in [0.3, 0.4) is 0 Å². The molecular weight excluding hydrogens is 414 g/mol. The zero-order chi connectivity index (χ0) is 21.8. The molecule has 1 atom stereocenters. The molecule has 0 amide bonds. The van der Waals surface area contributed by atoms with E-state index in [1.807, 2.05) is 24.3 Å². The Morgan fingerprint density at radius 1 is 1.16 bits per heavy atom. The predicted molar refractivity (Wildman–Crippen MR) is 119 cm³/mol. The Balaban J connectivity index is 1.54. The molecule has 8 heteroatoms. The maximum atomic E-state index is 12.1. The highest BCUT2D eigenvalue weighted by Gasteiger charge is 2.52. The van der Waals surface area contributed by atoms with Crippen molar-refractivity contribution in [1.29, 1.82) is 0 Å². The van der Waals surface area contributed by atoms with Gasteiger partial charge < -0.3 is 14.9 Å². The number of methoxy groups -OCH3 is 1. The summed E-state index contributed by atoms with van der Waals surface area (Å²) in [5.74, 6) is 1.67. The number of hydrogen-bond acceptors (Lipinski definition) is 6. The number of hydrogen-bond donors (Lipinski definition) is 1. The van der Waals surface area contributed by atoms with Gasteiger partial charge in [-0.25, -0.2) is 12.7 Å². The molecule has 164 valence electrons. The monoisotopic (exact) mass is 441 g/mol. The molecule has 1 spiro atoms. The first-order valence-corrected chi connectivity index (χ1v) is 12.3. The zero-order valence-corrected chi connectivity index (χ0v) is 18.8. The lowest BCUT2D eigenvalue weighted by Gasteiger charge is -2.51. The summed E-state index contributed by atoms with van der Waals surface area (Å²) in [5, 5.41) is 2.17. The van der Waals surface area contributed by atoms with E-state index in [2.05, 4.69) is 41.6 Å². The third-order valence-corrected chi connectivity index (χ3v) is 7.72. The van der Waals surface area contributed by atoms with Gasteiger partial charge in [-0.3, -0.25) is 0 Å². The summed E-state index contributed by atoms with van der Waals surface area (Å²) < 4.78 is 37.6. The van der Waals surface area contributed by atoms with Crippen LogP contribution < -0.4 is 14.9 Å². The molecule has 3 aliphatic rings. The molecule has 0 saturated carbocycles. The van der Waals surface area contributed by atoms with E-state index in [0.29, 0.717) is 25.9 Å². The number of ether oxygens (including phenoxy) is 2. The summed E-state index contributed by atoms with van der Waals surface area (Å²) in [6.45, 7) is 2.94. The van der Waals surface area contributed by atoms with Crippen molar-refractivity contribution in [3.05, 3.63) is 65.2 Å². The summed E-state index contributed by atoms with van der Waals surface area (Å²) in [7, 11) is -1.56. The number of aryl methyl sites for hydroxylation is 1. The molecule has 3 heterocycles. The maximum Gasteiger partial charge on any atom is 0.211 e. The number of nitrogens with one attached hydrogen (secondary N) is 1. The number of benzene rings is 2. The summed E-state index contributed by atoms with van der Waals surface area (Å²) in [5.41, 5.74) is 7.27. The van der Waals surface area contributed by atoms with Crippen LogP contribution in [0.4, 0.5) is 0 Å². The van der Waals surface area contributed by atoms with E-state index in [4.69, 9.17) is 9.47 Å². The van der Waals surface area contributed by atoms with Gasteiger partial charge in [0.25, 0.3) is 0 Å². The fraction of sp³-hybridized carbons (Fsp3) is 0.391. The van der Waals surface area contributed by atoms with E-state index in [0.717, 1.165) is 28.3 Å². The van der Waals surface area contributed by atoms with Gasteiger partial charge in [-0.15, -0.1) is 0 Å². The van der Waals surface area contributed by atoms with Crippen LogP contribution in [0.1, 0.15) is 35.6 Å². The lowest BCUT2D eigenvalue weighted by Crippen LogP contribution is -2.64. The molecule has 3 aliphatic heterocycles. The van der Waals surface area contributed by atoms with E-state index in [-0.39, 0.29) is 6.04 Å². The fourth-order valence-electron chi connectivity index (χ4n) is 4.76. The van der Waals surface area contributed by atoms with Gasteiger partial charge in [-0.1, -0.05) is 29.8 Å². The van der Waals surface area contributed by atoms with Crippen LogP contribution in [0.5, 0.6) is 11.5 Å². The number of fused-ring (bicyclic) bond motifs is 4. The van der Waals surface area contributed by atoms with Crippen LogP contribution in [0.2, 0.25) is 0 Å². The Morgan fingerprint density at radius 3 is 2.65 bits per heavy atom. The molecule has 0 radical (unpaired) electrons. The molecule has 0 aliphatic carbocycles. The first-order chi connectivity index (χ1) is 14.8. The number of hydrazine groups is 1. The highest BCUT2D eigenvalue weighted by molar-refractivity contribution is 7.88. The maximum absolute atomic E-state index is 12.1. The summed E-state index contributed by atoms with van der Waals surface area (Å²) in [4.78, 5) is 0. The largest absolute Gasteiger partial charge is 0.497 e. The van der Waals surface area contributed by atoms with E-state index < -0.39 is 15.7 Å². The summed E-state index contributed by atoms with van der Waals surface area (Å²) in [6.07, 6.45) is 4.65. The lowest BCUT2D eigenvalue weighted by molar-refractivity contribution is -0.153. The molecule has 2 aromatic rings. The topological polar surface area (TPSA) is 71.1 Å². The molecular formula is C23H27N3O4S. The molecule has 0 unspecified atom stereocenters. The SMILES string of the molecule is COc1cccc(C2=C[C@H]3c4cc(C)ccc4OC4(CCN(S(C)(=O)=O)CC4)N3N2)c1. The van der Waals surface area contributed by atoms with Crippen molar-refractivity contribution in [3.8, 4) is 11.5 Å². The van der Waals surface area contributed by atoms with E-state index >= 15 is 0 Å². The average molecular weight is 442 g/mol. The van der Waals surface area contributed by atoms with Crippen LogP contribution in [0.25, 0.3) is 5.70 Å². The van der Waals surface area contributed by atoms with Crippen molar-refractivity contribution in [2.45, 2.75) is 31.5 Å². The van der Waals surface area contributed by atoms with Crippen molar-refractivity contribution in [2.75, 3.05) is 26.5 Å². The van der Waals surface area contributed by atoms with Crippen LogP contribution in [0.15, 0.2) is 48.5 Å². The molecule has 5 rings (SSSR count). The Hall–Kier alpha value is -2.55. The van der Waals surface area contributed by atoms with Crippen molar-refractivity contribution in [1.82, 2.24) is 14.7 Å². The van der Waals surface area contributed by atoms with Crippen molar-refractivity contribution >= 4 is 15.7 Å². The predicted octanol–water partition coefficient (Wildman–Crippen LogP) is 3.05. The minimum Gasteiger partial charge on any atom is -0.497 e. The second kappa shape index (κ2) is 7.25. The standard InChI is InChI=1S/C23H27N3O4S/c1-16-7-8-22-19(13-16)21-15-20(17-5-4-6-18(14-17)29-2)24-26(21)23(30-22)9-11-25(12-10-23)31(3,27)28/h4-8,13-15,21,24H,9-12H2,1-3H3/t21-/m0/s1. The van der Waals surface area contributed by atoms with Gasteiger partial charge in [0.1, 0.15) is 11.5 Å². The number of piperidine rings is 1. The van der Waals surface area contributed by atoms with Gasteiger partial charge in [-0.05, 0) is 31.2 Å².